The molecule has 0 saturated heterocycles. The van der Waals surface area contributed by atoms with E-state index in [0.29, 0.717) is 5.69 Å². The molecule has 0 unspecified atom stereocenters. The van der Waals surface area contributed by atoms with Crippen molar-refractivity contribution in [1.82, 2.24) is 0 Å². The molecule has 0 aliphatic carbocycles. The number of methoxy groups -OCH3 is 1. The summed E-state index contributed by atoms with van der Waals surface area (Å²) in [7, 11) is 1.25. The molecule has 8 heteroatoms. The maximum atomic E-state index is 12.4. The van der Waals surface area contributed by atoms with E-state index in [1.807, 2.05) is 32.0 Å². The van der Waals surface area contributed by atoms with Crippen LogP contribution < -0.4 is 14.8 Å². The second-order valence-electron chi connectivity index (χ2n) is 5.83. The summed E-state index contributed by atoms with van der Waals surface area (Å²) in [4.78, 5) is 24.3. The molecule has 1 N–H and O–H groups in total. The number of ether oxygens (including phenoxy) is 3. The van der Waals surface area contributed by atoms with Gasteiger partial charge in [-0.2, -0.15) is 8.78 Å². The molecule has 150 valence electrons. The van der Waals surface area contributed by atoms with Gasteiger partial charge in [0.25, 0.3) is 5.91 Å². The quantitative estimate of drug-likeness (QED) is 0.687. The van der Waals surface area contributed by atoms with E-state index >= 15 is 0 Å². The number of para-hydroxylation sites is 1. The van der Waals surface area contributed by atoms with Crippen molar-refractivity contribution >= 4 is 17.6 Å². The minimum atomic E-state index is -3.02. The number of carbonyl (C=O) groups is 2. The molecule has 0 radical (unpaired) electrons. The summed E-state index contributed by atoms with van der Waals surface area (Å²) in [5.41, 5.74) is 2.61. The zero-order valence-electron chi connectivity index (χ0n) is 15.8. The highest BCUT2D eigenvalue weighted by Gasteiger charge is 2.16. The van der Waals surface area contributed by atoms with Crippen molar-refractivity contribution in [3.8, 4) is 11.5 Å². The minimum absolute atomic E-state index is 0.0383. The summed E-state index contributed by atoms with van der Waals surface area (Å²) in [6.07, 6.45) is 0.740. The zero-order valence-corrected chi connectivity index (χ0v) is 15.8. The molecule has 0 aliphatic heterocycles. The Bertz CT molecular complexity index is 854. The van der Waals surface area contributed by atoms with E-state index in [1.165, 1.54) is 25.3 Å². The number of amides is 1. The normalized spacial score (nSPS) is 10.5. The molecular formula is C20H21F2NO5. The molecule has 0 saturated carbocycles. The van der Waals surface area contributed by atoms with Gasteiger partial charge in [0, 0.05) is 5.69 Å². The van der Waals surface area contributed by atoms with E-state index in [0.717, 1.165) is 17.5 Å². The minimum Gasteiger partial charge on any atom is -0.493 e. The molecule has 0 fully saturated rings. The fourth-order valence-corrected chi connectivity index (χ4v) is 2.58. The van der Waals surface area contributed by atoms with Gasteiger partial charge in [0.1, 0.15) is 0 Å². The molecule has 6 nitrogen and oxygen atoms in total. The van der Waals surface area contributed by atoms with Gasteiger partial charge in [-0.1, -0.05) is 25.1 Å². The Morgan fingerprint density at radius 2 is 1.89 bits per heavy atom. The molecule has 2 aromatic carbocycles. The molecular weight excluding hydrogens is 372 g/mol. The van der Waals surface area contributed by atoms with Gasteiger partial charge >= 0.3 is 12.6 Å². The van der Waals surface area contributed by atoms with E-state index < -0.39 is 25.1 Å². The number of benzene rings is 2. The third-order valence-corrected chi connectivity index (χ3v) is 3.95. The predicted octanol–water partition coefficient (Wildman–Crippen LogP) is 3.96. The van der Waals surface area contributed by atoms with Gasteiger partial charge in [0.2, 0.25) is 0 Å². The first-order chi connectivity index (χ1) is 13.3. The molecule has 2 aromatic rings. The summed E-state index contributed by atoms with van der Waals surface area (Å²) in [6, 6.07) is 9.30. The van der Waals surface area contributed by atoms with Gasteiger partial charge < -0.3 is 19.5 Å². The molecule has 0 bridgehead atoms. The lowest BCUT2D eigenvalue weighted by Crippen LogP contribution is -2.22. The van der Waals surface area contributed by atoms with Crippen LogP contribution in [-0.2, 0) is 16.0 Å². The van der Waals surface area contributed by atoms with E-state index in [-0.39, 0.29) is 17.1 Å². The fourth-order valence-electron chi connectivity index (χ4n) is 2.58. The van der Waals surface area contributed by atoms with Crippen LogP contribution in [0.4, 0.5) is 14.5 Å². The van der Waals surface area contributed by atoms with Crippen molar-refractivity contribution in [3.63, 3.8) is 0 Å². The summed E-state index contributed by atoms with van der Waals surface area (Å²) in [5.74, 6) is -1.54. The molecule has 0 aliphatic rings. The van der Waals surface area contributed by atoms with Gasteiger partial charge in [-0.3, -0.25) is 4.79 Å². The van der Waals surface area contributed by atoms with Crippen LogP contribution in [0.15, 0.2) is 36.4 Å². The maximum absolute atomic E-state index is 12.4. The standard InChI is InChI=1S/C20H21F2NO5/c1-4-13-7-5-6-12(2)18(13)23-17(24)11-27-19(25)14-8-9-15(28-20(21)22)16(10-14)26-3/h5-10,20H,4,11H2,1-3H3,(H,23,24). The van der Waals surface area contributed by atoms with Crippen LogP contribution in [0.2, 0.25) is 0 Å². The van der Waals surface area contributed by atoms with Crippen LogP contribution in [0.25, 0.3) is 0 Å². The van der Waals surface area contributed by atoms with Gasteiger partial charge in [0.15, 0.2) is 18.1 Å². The third kappa shape index (κ3) is 5.42. The van der Waals surface area contributed by atoms with E-state index in [4.69, 9.17) is 9.47 Å². The van der Waals surface area contributed by atoms with Gasteiger partial charge in [-0.15, -0.1) is 0 Å². The molecule has 1 amide bonds. The van der Waals surface area contributed by atoms with Crippen LogP contribution in [0, 0.1) is 6.92 Å². The van der Waals surface area contributed by atoms with Crippen molar-refractivity contribution < 1.29 is 32.6 Å². The number of hydrogen-bond donors (Lipinski definition) is 1. The Labute approximate surface area is 161 Å². The largest absolute Gasteiger partial charge is 0.493 e. The van der Waals surface area contributed by atoms with Crippen LogP contribution >= 0.6 is 0 Å². The predicted molar refractivity (Wildman–Crippen MR) is 99.1 cm³/mol. The number of carbonyl (C=O) groups excluding carboxylic acids is 2. The zero-order chi connectivity index (χ0) is 20.7. The lowest BCUT2D eigenvalue weighted by molar-refractivity contribution is -0.119. The SMILES string of the molecule is CCc1cccc(C)c1NC(=O)COC(=O)c1ccc(OC(F)F)c(OC)c1. The average Bonchev–Trinajstić information content (AvgIpc) is 2.67. The number of alkyl halides is 2. The molecule has 28 heavy (non-hydrogen) atoms. The van der Waals surface area contributed by atoms with Crippen LogP contribution in [-0.4, -0.2) is 32.2 Å². The molecule has 0 spiro atoms. The number of aryl methyl sites for hydroxylation is 2. The second kappa shape index (κ2) is 9.68. The monoisotopic (exact) mass is 393 g/mol. The first kappa shape index (κ1) is 21.1. The lowest BCUT2D eigenvalue weighted by Gasteiger charge is -2.13. The van der Waals surface area contributed by atoms with E-state index in [9.17, 15) is 18.4 Å². The van der Waals surface area contributed by atoms with Crippen molar-refractivity contribution in [2.24, 2.45) is 0 Å². The Balaban J connectivity index is 2.01. The molecule has 2 rings (SSSR count). The van der Waals surface area contributed by atoms with E-state index in [2.05, 4.69) is 10.1 Å². The number of halogens is 2. The summed E-state index contributed by atoms with van der Waals surface area (Å²) >= 11 is 0. The smallest absolute Gasteiger partial charge is 0.387 e. The fraction of sp³-hybridized carbons (Fsp3) is 0.300. The average molecular weight is 393 g/mol. The van der Waals surface area contributed by atoms with Gasteiger partial charge in [-0.25, -0.2) is 4.79 Å². The Kier molecular flexibility index (Phi) is 7.31. The van der Waals surface area contributed by atoms with Gasteiger partial charge in [-0.05, 0) is 42.7 Å². The first-order valence-corrected chi connectivity index (χ1v) is 8.54. The second-order valence-corrected chi connectivity index (χ2v) is 5.83. The highest BCUT2D eigenvalue weighted by molar-refractivity contribution is 5.96. The van der Waals surface area contributed by atoms with Crippen molar-refractivity contribution in [1.29, 1.82) is 0 Å². The molecule has 0 heterocycles. The van der Waals surface area contributed by atoms with Crippen molar-refractivity contribution in [2.75, 3.05) is 19.0 Å². The van der Waals surface area contributed by atoms with Crippen LogP contribution in [0.5, 0.6) is 11.5 Å². The number of hydrogen-bond acceptors (Lipinski definition) is 5. The highest BCUT2D eigenvalue weighted by Crippen LogP contribution is 2.29. The van der Waals surface area contributed by atoms with Crippen LogP contribution in [0.3, 0.4) is 0 Å². The molecule has 0 atom stereocenters. The highest BCUT2D eigenvalue weighted by atomic mass is 19.3. The Morgan fingerprint density at radius 3 is 2.54 bits per heavy atom. The van der Waals surface area contributed by atoms with Crippen LogP contribution in [0.1, 0.15) is 28.4 Å². The summed E-state index contributed by atoms with van der Waals surface area (Å²) in [6.45, 7) is 0.327. The number of esters is 1. The van der Waals surface area contributed by atoms with Crippen molar-refractivity contribution in [3.05, 3.63) is 53.1 Å². The number of nitrogens with one attached hydrogen (secondary N) is 1. The Hall–Kier alpha value is -3.16. The first-order valence-electron chi connectivity index (χ1n) is 8.54. The third-order valence-electron chi connectivity index (χ3n) is 3.95. The van der Waals surface area contributed by atoms with Gasteiger partial charge in [0.05, 0.1) is 12.7 Å². The number of anilines is 1. The molecule has 0 aromatic heterocycles. The Morgan fingerprint density at radius 1 is 1.14 bits per heavy atom. The van der Waals surface area contributed by atoms with E-state index in [1.54, 1.807) is 0 Å². The summed E-state index contributed by atoms with van der Waals surface area (Å²) in [5, 5.41) is 2.75. The summed E-state index contributed by atoms with van der Waals surface area (Å²) < 4.78 is 38.9. The topological polar surface area (TPSA) is 73.9 Å². The maximum Gasteiger partial charge on any atom is 0.387 e. The van der Waals surface area contributed by atoms with Crippen molar-refractivity contribution in [2.45, 2.75) is 26.9 Å². The number of rotatable bonds is 8. The lowest BCUT2D eigenvalue weighted by atomic mass is 10.1.